The largest absolute Gasteiger partial charge is 0.374 e. The Labute approximate surface area is 241 Å². The van der Waals surface area contributed by atoms with Crippen molar-refractivity contribution in [2.45, 2.75) is 25.3 Å². The number of para-hydroxylation sites is 1. The number of hydrogen-bond acceptors (Lipinski definition) is 1. The van der Waals surface area contributed by atoms with E-state index in [1.54, 1.807) is 0 Å². The van der Waals surface area contributed by atoms with Crippen LogP contribution >= 0.6 is 0 Å². The first kappa shape index (κ1) is 24.0. The van der Waals surface area contributed by atoms with Crippen molar-refractivity contribution in [2.75, 3.05) is 5.32 Å². The molecule has 196 valence electrons. The summed E-state index contributed by atoms with van der Waals surface area (Å²) in [7, 11) is 0. The van der Waals surface area contributed by atoms with Gasteiger partial charge in [0.25, 0.3) is 0 Å². The number of rotatable bonds is 3. The smallest absolute Gasteiger partial charge is 0.0713 e. The van der Waals surface area contributed by atoms with Crippen LogP contribution in [-0.2, 0) is 6.42 Å². The van der Waals surface area contributed by atoms with E-state index >= 15 is 0 Å². The Kier molecular flexibility index (Phi) is 5.63. The van der Waals surface area contributed by atoms with Crippen LogP contribution in [0.15, 0.2) is 127 Å². The van der Waals surface area contributed by atoms with Crippen LogP contribution in [-0.4, -0.2) is 0 Å². The van der Waals surface area contributed by atoms with E-state index in [4.69, 9.17) is 0 Å². The maximum atomic E-state index is 3.86. The fraction of sp³-hybridized carbons (Fsp3) is 0.100. The average Bonchev–Trinajstić information content (AvgIpc) is 3.03. The molecule has 2 atom stereocenters. The molecule has 1 aliphatic carbocycles. The van der Waals surface area contributed by atoms with E-state index in [1.165, 1.54) is 71.7 Å². The van der Waals surface area contributed by atoms with Gasteiger partial charge in [0.2, 0.25) is 0 Å². The van der Waals surface area contributed by atoms with Gasteiger partial charge < -0.3 is 5.32 Å². The van der Waals surface area contributed by atoms with E-state index in [0.29, 0.717) is 0 Å². The normalized spacial score (nSPS) is 17.5. The Morgan fingerprint density at radius 1 is 0.610 bits per heavy atom. The fourth-order valence-corrected chi connectivity index (χ4v) is 7.06. The Morgan fingerprint density at radius 3 is 2.15 bits per heavy atom. The Morgan fingerprint density at radius 2 is 1.29 bits per heavy atom. The summed E-state index contributed by atoms with van der Waals surface area (Å²) >= 11 is 0. The van der Waals surface area contributed by atoms with Gasteiger partial charge in [-0.3, -0.25) is 0 Å². The molecule has 0 fully saturated rings. The van der Waals surface area contributed by atoms with E-state index in [2.05, 4.69) is 152 Å². The molecule has 0 amide bonds. The molecule has 0 spiro atoms. The maximum absolute atomic E-state index is 3.86. The minimum absolute atomic E-state index is 0.0882. The quantitative estimate of drug-likeness (QED) is 0.227. The lowest BCUT2D eigenvalue weighted by molar-refractivity contribution is 0.858. The molecule has 1 N–H and O–H groups in total. The molecule has 6 aromatic carbocycles. The van der Waals surface area contributed by atoms with Crippen LogP contribution in [0.5, 0.6) is 0 Å². The lowest BCUT2D eigenvalue weighted by Crippen LogP contribution is -2.16. The third kappa shape index (κ3) is 4.00. The van der Waals surface area contributed by atoms with Crippen molar-refractivity contribution in [3.63, 3.8) is 0 Å². The number of fused-ring (bicyclic) bond motifs is 4. The summed E-state index contributed by atoms with van der Waals surface area (Å²) in [5.74, 6) is 0.242. The van der Waals surface area contributed by atoms with Crippen LogP contribution in [0.2, 0.25) is 0 Å². The standard InChI is InChI=1S/C40H31N/c1-26-19-21-33-35(23-26)39(36-25-30-15-6-5-14-29(30)24-34(36)27-11-3-2-4-12-27)31-16-8-9-17-32(31)40(33)38-22-20-28-13-7-10-18-37(28)41-38/h2-24,36,38,41H,25H2,1H3/t36?,38-/m1/s1. The predicted octanol–water partition coefficient (Wildman–Crippen LogP) is 10.4. The van der Waals surface area contributed by atoms with Gasteiger partial charge in [0.05, 0.1) is 6.04 Å². The van der Waals surface area contributed by atoms with Crippen LogP contribution in [0.1, 0.15) is 50.9 Å². The van der Waals surface area contributed by atoms with Crippen LogP contribution < -0.4 is 5.32 Å². The molecule has 0 saturated heterocycles. The third-order valence-corrected chi connectivity index (χ3v) is 8.93. The first-order valence-electron chi connectivity index (χ1n) is 14.6. The van der Waals surface area contributed by atoms with Crippen molar-refractivity contribution in [1.82, 2.24) is 0 Å². The highest BCUT2D eigenvalue weighted by molar-refractivity contribution is 6.09. The highest BCUT2D eigenvalue weighted by Crippen LogP contribution is 2.48. The molecule has 41 heavy (non-hydrogen) atoms. The van der Waals surface area contributed by atoms with Gasteiger partial charge in [0.15, 0.2) is 0 Å². The number of benzene rings is 6. The molecule has 1 heteroatoms. The number of allylic oxidation sites excluding steroid dienone is 1. The van der Waals surface area contributed by atoms with Gasteiger partial charge in [-0.25, -0.2) is 0 Å². The highest BCUT2D eigenvalue weighted by atomic mass is 14.9. The third-order valence-electron chi connectivity index (χ3n) is 8.93. The van der Waals surface area contributed by atoms with E-state index < -0.39 is 0 Å². The first-order valence-corrected chi connectivity index (χ1v) is 14.6. The van der Waals surface area contributed by atoms with Gasteiger partial charge in [-0.15, -0.1) is 0 Å². The molecule has 6 aromatic rings. The second kappa shape index (κ2) is 9.64. The van der Waals surface area contributed by atoms with Gasteiger partial charge >= 0.3 is 0 Å². The van der Waals surface area contributed by atoms with Gasteiger partial charge in [-0.05, 0) is 79.9 Å². The van der Waals surface area contributed by atoms with Crippen molar-refractivity contribution in [3.05, 3.63) is 166 Å². The summed E-state index contributed by atoms with van der Waals surface area (Å²) in [6.07, 6.45) is 8.02. The minimum atomic E-state index is 0.0882. The van der Waals surface area contributed by atoms with Crippen molar-refractivity contribution in [3.8, 4) is 0 Å². The van der Waals surface area contributed by atoms with Crippen LogP contribution in [0, 0.1) is 6.92 Å². The second-order valence-corrected chi connectivity index (χ2v) is 11.4. The molecule has 0 aromatic heterocycles. The Balaban J connectivity index is 1.42. The van der Waals surface area contributed by atoms with E-state index in [9.17, 15) is 0 Å². The van der Waals surface area contributed by atoms with Crippen LogP contribution in [0.4, 0.5) is 5.69 Å². The number of hydrogen-bond donors (Lipinski definition) is 1. The molecular weight excluding hydrogens is 494 g/mol. The van der Waals surface area contributed by atoms with Crippen molar-refractivity contribution in [2.24, 2.45) is 0 Å². The number of nitrogens with one attached hydrogen (secondary N) is 1. The lowest BCUT2D eigenvalue weighted by Gasteiger charge is -2.32. The molecule has 0 radical (unpaired) electrons. The van der Waals surface area contributed by atoms with Crippen LogP contribution in [0.3, 0.4) is 0 Å². The summed E-state index contributed by atoms with van der Waals surface area (Å²) < 4.78 is 0. The van der Waals surface area contributed by atoms with E-state index in [0.717, 1.165) is 6.42 Å². The second-order valence-electron chi connectivity index (χ2n) is 11.4. The van der Waals surface area contributed by atoms with Crippen LogP contribution in [0.25, 0.3) is 39.3 Å². The molecule has 8 rings (SSSR count). The molecule has 1 nitrogen and oxygen atoms in total. The fourth-order valence-electron chi connectivity index (χ4n) is 7.06. The first-order chi connectivity index (χ1) is 20.2. The molecule has 0 bridgehead atoms. The Bertz CT molecular complexity index is 2010. The summed E-state index contributed by atoms with van der Waals surface area (Å²) in [4.78, 5) is 0. The van der Waals surface area contributed by atoms with Gasteiger partial charge in [0, 0.05) is 11.6 Å². The topological polar surface area (TPSA) is 12.0 Å². The van der Waals surface area contributed by atoms with Gasteiger partial charge in [0.1, 0.15) is 0 Å². The Hall–Kier alpha value is -4.88. The lowest BCUT2D eigenvalue weighted by atomic mass is 9.73. The summed E-state index contributed by atoms with van der Waals surface area (Å²) in [5.41, 5.74) is 12.0. The van der Waals surface area contributed by atoms with Gasteiger partial charge in [-0.2, -0.15) is 0 Å². The molecule has 1 unspecified atom stereocenters. The number of aryl methyl sites for hydroxylation is 1. The van der Waals surface area contributed by atoms with Gasteiger partial charge in [-0.1, -0.05) is 139 Å². The molecular formula is C40H31N. The van der Waals surface area contributed by atoms with Crippen molar-refractivity contribution in [1.29, 1.82) is 0 Å². The molecule has 2 aliphatic rings. The number of anilines is 1. The molecule has 1 aliphatic heterocycles. The zero-order chi connectivity index (χ0) is 27.3. The zero-order valence-electron chi connectivity index (χ0n) is 23.1. The SMILES string of the molecule is Cc1ccc2c([C@H]3C=Cc4ccccc4N3)c3ccccc3c(C3Cc4ccccc4C=C3c3ccccc3)c2c1. The minimum Gasteiger partial charge on any atom is -0.374 e. The summed E-state index contributed by atoms with van der Waals surface area (Å²) in [6.45, 7) is 2.22. The summed E-state index contributed by atoms with van der Waals surface area (Å²) in [5, 5.41) is 9.23. The molecule has 1 heterocycles. The predicted molar refractivity (Wildman–Crippen MR) is 175 cm³/mol. The van der Waals surface area contributed by atoms with E-state index in [-0.39, 0.29) is 12.0 Å². The average molecular weight is 526 g/mol. The summed E-state index contributed by atoms with van der Waals surface area (Å²) in [6, 6.07) is 44.7. The van der Waals surface area contributed by atoms with E-state index in [1.807, 2.05) is 0 Å². The van der Waals surface area contributed by atoms with Crippen molar-refractivity contribution >= 4 is 45.0 Å². The highest BCUT2D eigenvalue weighted by Gasteiger charge is 2.30. The van der Waals surface area contributed by atoms with Crippen molar-refractivity contribution < 1.29 is 0 Å². The zero-order valence-corrected chi connectivity index (χ0v) is 23.1. The monoisotopic (exact) mass is 525 g/mol. The maximum Gasteiger partial charge on any atom is 0.0713 e. The molecule has 0 saturated carbocycles.